The van der Waals surface area contributed by atoms with Crippen LogP contribution in [0, 0.1) is 0 Å². The van der Waals surface area contributed by atoms with Crippen molar-refractivity contribution in [3.8, 4) is 0 Å². The number of carbonyl (C=O) groups excluding carboxylic acids is 2. The molecule has 0 radical (unpaired) electrons. The van der Waals surface area contributed by atoms with Crippen LogP contribution >= 0.6 is 0 Å². The fourth-order valence-electron chi connectivity index (χ4n) is 6.34. The maximum absolute atomic E-state index is 13.1. The molecule has 3 atom stereocenters. The van der Waals surface area contributed by atoms with Gasteiger partial charge in [-0.1, -0.05) is 208 Å². The summed E-state index contributed by atoms with van der Waals surface area (Å²) in [4.78, 5) is 26.0. The van der Waals surface area contributed by atoms with Crippen LogP contribution in [0.25, 0.3) is 0 Å². The third-order valence-electron chi connectivity index (χ3n) is 9.82. The Labute approximate surface area is 350 Å². The number of hydrogen-bond donors (Lipinski definition) is 3. The van der Waals surface area contributed by atoms with Crippen LogP contribution < -0.4 is 5.32 Å². The molecule has 0 aliphatic rings. The summed E-state index contributed by atoms with van der Waals surface area (Å²) in [5.41, 5.74) is 0. The van der Waals surface area contributed by atoms with Crippen molar-refractivity contribution >= 4 is 11.9 Å². The highest BCUT2D eigenvalue weighted by Gasteiger charge is 2.24. The average Bonchev–Trinajstić information content (AvgIpc) is 3.20. The molecule has 57 heavy (non-hydrogen) atoms. The lowest BCUT2D eigenvalue weighted by molar-refractivity contribution is -0.151. The Balaban J connectivity index is 4.78. The largest absolute Gasteiger partial charge is 0.462 e. The van der Waals surface area contributed by atoms with E-state index in [1.165, 1.54) is 44.9 Å². The van der Waals surface area contributed by atoms with Gasteiger partial charge in [0, 0.05) is 6.42 Å². The first kappa shape index (κ1) is 53.8. The van der Waals surface area contributed by atoms with Gasteiger partial charge in [0.15, 0.2) is 0 Å². The summed E-state index contributed by atoms with van der Waals surface area (Å²) in [6.45, 7) is 6.20. The van der Waals surface area contributed by atoms with Gasteiger partial charge in [-0.15, -0.1) is 0 Å². The predicted molar refractivity (Wildman–Crippen MR) is 245 cm³/mol. The van der Waals surface area contributed by atoms with Crippen molar-refractivity contribution < 1.29 is 24.5 Å². The second-order valence-electron chi connectivity index (χ2n) is 15.3. The fourth-order valence-corrected chi connectivity index (χ4v) is 6.34. The Morgan fingerprint density at radius 3 is 1.53 bits per heavy atom. The Bertz CT molecular complexity index is 1160. The molecule has 1 amide bonds. The van der Waals surface area contributed by atoms with Gasteiger partial charge < -0.3 is 20.3 Å². The summed E-state index contributed by atoms with van der Waals surface area (Å²) in [7, 11) is 0. The van der Waals surface area contributed by atoms with E-state index < -0.39 is 18.2 Å². The molecule has 0 fully saturated rings. The fraction of sp³-hybridized carbons (Fsp3) is 0.647. The smallest absolute Gasteiger partial charge is 0.306 e. The minimum Gasteiger partial charge on any atom is -0.462 e. The molecule has 0 aromatic heterocycles. The van der Waals surface area contributed by atoms with E-state index in [-0.39, 0.29) is 24.9 Å². The number of nitrogens with one attached hydrogen (secondary N) is 1. The molecule has 0 saturated heterocycles. The SMILES string of the molecule is CC/C=C/C=C/C=C\CCCCCCCC(=O)OC(CCCCC/C=C/C=C/C=C/C=C/C=C/CCC)CC(=O)NC(CO)C(O)CCCCCCCCCCC. The number of aliphatic hydroxyl groups excluding tert-OH is 2. The Hall–Kier alpha value is -3.22. The van der Waals surface area contributed by atoms with E-state index in [2.05, 4.69) is 86.8 Å². The van der Waals surface area contributed by atoms with Gasteiger partial charge in [-0.2, -0.15) is 0 Å². The van der Waals surface area contributed by atoms with Gasteiger partial charge in [0.2, 0.25) is 5.91 Å². The summed E-state index contributed by atoms with van der Waals surface area (Å²) in [6.07, 6.45) is 57.4. The van der Waals surface area contributed by atoms with E-state index in [0.29, 0.717) is 19.3 Å². The molecule has 6 heteroatoms. The number of aliphatic hydroxyl groups is 2. The van der Waals surface area contributed by atoms with Crippen LogP contribution in [-0.2, 0) is 14.3 Å². The topological polar surface area (TPSA) is 95.9 Å². The third kappa shape index (κ3) is 39.4. The number of ether oxygens (including phenoxy) is 1. The van der Waals surface area contributed by atoms with E-state index in [0.717, 1.165) is 96.3 Å². The van der Waals surface area contributed by atoms with Crippen molar-refractivity contribution in [3.05, 3.63) is 97.2 Å². The molecule has 0 heterocycles. The Morgan fingerprint density at radius 1 is 0.526 bits per heavy atom. The number of unbranched alkanes of at least 4 members (excludes halogenated alkanes) is 17. The summed E-state index contributed by atoms with van der Waals surface area (Å²) >= 11 is 0. The Morgan fingerprint density at radius 2 is 0.982 bits per heavy atom. The minimum absolute atomic E-state index is 0.0347. The van der Waals surface area contributed by atoms with Gasteiger partial charge in [0.05, 0.1) is 25.2 Å². The average molecular weight is 792 g/mol. The van der Waals surface area contributed by atoms with Crippen LogP contribution in [0.3, 0.4) is 0 Å². The van der Waals surface area contributed by atoms with Gasteiger partial charge in [0.1, 0.15) is 6.10 Å². The van der Waals surface area contributed by atoms with Gasteiger partial charge >= 0.3 is 5.97 Å². The number of allylic oxidation sites excluding steroid dienone is 16. The zero-order valence-electron chi connectivity index (χ0n) is 36.7. The first-order valence-electron chi connectivity index (χ1n) is 23.1. The lowest BCUT2D eigenvalue weighted by Crippen LogP contribution is -2.46. The van der Waals surface area contributed by atoms with Gasteiger partial charge in [-0.05, 0) is 64.2 Å². The Kier molecular flexibility index (Phi) is 41.4. The zero-order valence-corrected chi connectivity index (χ0v) is 36.7. The predicted octanol–water partition coefficient (Wildman–Crippen LogP) is 13.4. The lowest BCUT2D eigenvalue weighted by Gasteiger charge is -2.24. The van der Waals surface area contributed by atoms with Crippen LogP contribution in [0.4, 0.5) is 0 Å². The van der Waals surface area contributed by atoms with Crippen molar-refractivity contribution in [2.45, 2.75) is 206 Å². The van der Waals surface area contributed by atoms with Gasteiger partial charge in [-0.3, -0.25) is 9.59 Å². The first-order chi connectivity index (χ1) is 28.0. The highest BCUT2D eigenvalue weighted by molar-refractivity contribution is 5.77. The summed E-state index contributed by atoms with van der Waals surface area (Å²) in [5, 5.41) is 23.6. The second kappa shape index (κ2) is 43.9. The van der Waals surface area contributed by atoms with E-state index in [1.54, 1.807) is 0 Å². The molecule has 0 aliphatic heterocycles. The first-order valence-corrected chi connectivity index (χ1v) is 23.1. The van der Waals surface area contributed by atoms with Crippen LogP contribution in [-0.4, -0.2) is 46.9 Å². The molecule has 0 aromatic rings. The second-order valence-corrected chi connectivity index (χ2v) is 15.3. The quantitative estimate of drug-likeness (QED) is 0.0327. The van der Waals surface area contributed by atoms with Crippen molar-refractivity contribution in [3.63, 3.8) is 0 Å². The van der Waals surface area contributed by atoms with Crippen LogP contribution in [0.1, 0.15) is 188 Å². The van der Waals surface area contributed by atoms with Crippen LogP contribution in [0.5, 0.6) is 0 Å². The molecule has 0 bridgehead atoms. The van der Waals surface area contributed by atoms with Crippen molar-refractivity contribution in [1.29, 1.82) is 0 Å². The van der Waals surface area contributed by atoms with Crippen molar-refractivity contribution in [2.75, 3.05) is 6.61 Å². The van der Waals surface area contributed by atoms with Crippen LogP contribution in [0.2, 0.25) is 0 Å². The summed E-state index contributed by atoms with van der Waals surface area (Å²) in [6, 6.07) is -0.724. The number of amides is 1. The number of esters is 1. The van der Waals surface area contributed by atoms with E-state index in [4.69, 9.17) is 4.74 Å². The third-order valence-corrected chi connectivity index (χ3v) is 9.82. The highest BCUT2D eigenvalue weighted by Crippen LogP contribution is 2.16. The molecule has 3 unspecified atom stereocenters. The molecule has 6 nitrogen and oxygen atoms in total. The maximum atomic E-state index is 13.1. The molecule has 0 rings (SSSR count). The van der Waals surface area contributed by atoms with Crippen molar-refractivity contribution in [1.82, 2.24) is 5.32 Å². The molecular formula is C51H85NO5. The van der Waals surface area contributed by atoms with Crippen LogP contribution in [0.15, 0.2) is 97.2 Å². The van der Waals surface area contributed by atoms with E-state index in [1.807, 2.05) is 36.5 Å². The molecule has 0 saturated carbocycles. The van der Waals surface area contributed by atoms with Gasteiger partial charge in [0.25, 0.3) is 0 Å². The molecule has 3 N–H and O–H groups in total. The zero-order chi connectivity index (χ0) is 41.7. The molecular weight excluding hydrogens is 707 g/mol. The minimum atomic E-state index is -0.807. The van der Waals surface area contributed by atoms with E-state index in [9.17, 15) is 19.8 Å². The molecule has 0 spiro atoms. The number of carbonyl (C=O) groups is 2. The molecule has 0 aliphatic carbocycles. The van der Waals surface area contributed by atoms with Crippen molar-refractivity contribution in [2.24, 2.45) is 0 Å². The maximum Gasteiger partial charge on any atom is 0.306 e. The highest BCUT2D eigenvalue weighted by atomic mass is 16.5. The number of rotatable bonds is 39. The number of hydrogen-bond acceptors (Lipinski definition) is 5. The molecule has 324 valence electrons. The normalized spacial score (nSPS) is 14.3. The lowest BCUT2D eigenvalue weighted by atomic mass is 10.0. The van der Waals surface area contributed by atoms with E-state index >= 15 is 0 Å². The monoisotopic (exact) mass is 792 g/mol. The van der Waals surface area contributed by atoms with Gasteiger partial charge in [-0.25, -0.2) is 0 Å². The summed E-state index contributed by atoms with van der Waals surface area (Å²) in [5.74, 6) is -0.553. The molecule has 0 aromatic carbocycles. The summed E-state index contributed by atoms with van der Waals surface area (Å²) < 4.78 is 5.88. The standard InChI is InChI=1S/C51H85NO5/c1-4-7-10-13-16-19-21-23-24-25-27-28-31-33-36-39-42-47(57-51(56)44-41-38-35-32-29-26-22-20-17-14-11-8-5-2)45-50(55)52-48(46-53)49(54)43-40-37-34-30-18-15-12-9-6-3/h8,10-11,13-14,16-17,19-25,27-28,47-49,53-54H,4-7,9,12,15,18,26,29-46H2,1-3H3,(H,52,55)/b11-8+,13-10+,17-14+,19-16+,22-20-,23-21+,25-24+,28-27+.